The molecule has 0 bridgehead atoms. The molecule has 0 fully saturated rings. The first-order valence-electron chi connectivity index (χ1n) is 6.99. The van der Waals surface area contributed by atoms with Crippen LogP contribution >= 0.6 is 0 Å². The molecule has 4 N–H and O–H groups in total. The molecule has 2 amide bonds. The molecule has 0 unspecified atom stereocenters. The van der Waals surface area contributed by atoms with Crippen LogP contribution in [-0.2, 0) is 10.0 Å². The van der Waals surface area contributed by atoms with E-state index >= 15 is 0 Å². The molecule has 0 saturated heterocycles. The molecule has 0 aliphatic carbocycles. The number of amides is 2. The lowest BCUT2D eigenvalue weighted by Gasteiger charge is -2.14. The summed E-state index contributed by atoms with van der Waals surface area (Å²) in [4.78, 5) is 18.1. The van der Waals surface area contributed by atoms with Crippen LogP contribution in [0.3, 0.4) is 0 Å². The van der Waals surface area contributed by atoms with Gasteiger partial charge in [-0.15, -0.1) is 0 Å². The summed E-state index contributed by atoms with van der Waals surface area (Å²) in [5, 5.41) is 0. The first-order valence-corrected chi connectivity index (χ1v) is 8.48. The third-order valence-corrected chi connectivity index (χ3v) is 4.80. The van der Waals surface area contributed by atoms with Crippen LogP contribution in [0.5, 0.6) is 0 Å². The van der Waals surface area contributed by atoms with Crippen molar-refractivity contribution in [3.63, 3.8) is 0 Å². The number of carbonyl (C=O) groups excluding carboxylic acids is 1. The highest BCUT2D eigenvalue weighted by Crippen LogP contribution is 2.34. The van der Waals surface area contributed by atoms with E-state index < -0.39 is 16.1 Å². The number of nitrogens with two attached hydrogens (primary N) is 1. The molecule has 0 spiro atoms. The number of H-pyrrole nitrogens is 1. The highest BCUT2D eigenvalue weighted by atomic mass is 32.2. The zero-order valence-corrected chi connectivity index (χ0v) is 13.2. The summed E-state index contributed by atoms with van der Waals surface area (Å²) >= 11 is 0. The lowest BCUT2D eigenvalue weighted by Crippen LogP contribution is -2.35. The topological polar surface area (TPSA) is 118 Å². The second kappa shape index (κ2) is 6.17. The van der Waals surface area contributed by atoms with E-state index in [0.717, 1.165) is 0 Å². The van der Waals surface area contributed by atoms with E-state index in [9.17, 15) is 13.2 Å². The number of benzene rings is 2. The maximum absolute atomic E-state index is 12.7. The van der Waals surface area contributed by atoms with Gasteiger partial charge in [-0.2, -0.15) is 0 Å². The Balaban J connectivity index is 2.32. The number of aromatic amines is 1. The maximum atomic E-state index is 12.7. The van der Waals surface area contributed by atoms with Gasteiger partial charge in [0, 0.05) is 23.5 Å². The van der Waals surface area contributed by atoms with Crippen LogP contribution in [0.2, 0.25) is 0 Å². The van der Waals surface area contributed by atoms with Crippen LogP contribution in [0.4, 0.5) is 4.79 Å². The number of nitrogens with one attached hydrogen (secondary N) is 2. The number of hydrogen-bond donors (Lipinski definition) is 3. The molecule has 0 aliphatic heterocycles. The molecule has 3 aromatic rings. The second-order valence-corrected chi connectivity index (χ2v) is 6.58. The van der Waals surface area contributed by atoms with Gasteiger partial charge in [-0.05, 0) is 11.6 Å². The second-order valence-electron chi connectivity index (χ2n) is 4.96. The van der Waals surface area contributed by atoms with E-state index in [1.807, 2.05) is 10.8 Å². The van der Waals surface area contributed by atoms with Gasteiger partial charge in [-0.25, -0.2) is 22.9 Å². The number of aromatic nitrogens is 2. The van der Waals surface area contributed by atoms with E-state index in [0.29, 0.717) is 22.5 Å². The molecule has 0 atom stereocenters. The van der Waals surface area contributed by atoms with Crippen LogP contribution in [0.1, 0.15) is 0 Å². The predicted molar refractivity (Wildman–Crippen MR) is 89.4 cm³/mol. The highest BCUT2D eigenvalue weighted by Gasteiger charge is 2.26. The summed E-state index contributed by atoms with van der Waals surface area (Å²) in [6.07, 6.45) is 3.10. The summed E-state index contributed by atoms with van der Waals surface area (Å²) in [7, 11) is -4.18. The van der Waals surface area contributed by atoms with Crippen molar-refractivity contribution in [1.82, 2.24) is 14.7 Å². The Morgan fingerprint density at radius 2 is 1.75 bits per heavy atom. The number of hydrogen-bond acceptors (Lipinski definition) is 4. The van der Waals surface area contributed by atoms with Gasteiger partial charge in [-0.3, -0.25) is 0 Å². The SMILES string of the molecule is NC(=O)NS(=O)(=O)c1c(-c2ccccc2)cccc1-c1ncc[nH]1. The Morgan fingerprint density at radius 3 is 2.38 bits per heavy atom. The van der Waals surface area contributed by atoms with Gasteiger partial charge in [0.05, 0.1) is 0 Å². The number of primary amides is 1. The summed E-state index contributed by atoms with van der Waals surface area (Å²) in [6.45, 7) is 0. The van der Waals surface area contributed by atoms with Crippen LogP contribution in [0.25, 0.3) is 22.5 Å². The Hall–Kier alpha value is -3.13. The van der Waals surface area contributed by atoms with Gasteiger partial charge in [0.25, 0.3) is 10.0 Å². The smallest absolute Gasteiger partial charge is 0.326 e. The minimum Gasteiger partial charge on any atom is -0.351 e. The summed E-state index contributed by atoms with van der Waals surface area (Å²) in [6, 6.07) is 12.8. The summed E-state index contributed by atoms with van der Waals surface area (Å²) in [5.74, 6) is 0.373. The molecule has 2 aromatic carbocycles. The molecule has 0 aliphatic rings. The minimum atomic E-state index is -4.18. The summed E-state index contributed by atoms with van der Waals surface area (Å²) in [5.41, 5.74) is 6.50. The van der Waals surface area contributed by atoms with Gasteiger partial charge in [0.15, 0.2) is 0 Å². The lowest BCUT2D eigenvalue weighted by atomic mass is 10.0. The van der Waals surface area contributed by atoms with E-state index in [1.54, 1.807) is 48.7 Å². The first-order chi connectivity index (χ1) is 11.5. The fourth-order valence-electron chi connectivity index (χ4n) is 2.45. The number of imidazole rings is 1. The normalized spacial score (nSPS) is 11.2. The number of rotatable bonds is 4. The number of carbonyl (C=O) groups is 1. The van der Waals surface area contributed by atoms with Gasteiger partial charge >= 0.3 is 6.03 Å². The van der Waals surface area contributed by atoms with Crippen molar-refractivity contribution in [3.8, 4) is 22.5 Å². The Kier molecular flexibility index (Phi) is 4.05. The molecule has 0 radical (unpaired) electrons. The average Bonchev–Trinajstić information content (AvgIpc) is 3.08. The molecule has 3 rings (SSSR count). The molecule has 8 heteroatoms. The monoisotopic (exact) mass is 342 g/mol. The van der Waals surface area contributed by atoms with E-state index in [1.165, 1.54) is 6.20 Å². The zero-order valence-electron chi connectivity index (χ0n) is 12.4. The molecule has 24 heavy (non-hydrogen) atoms. The minimum absolute atomic E-state index is 0.0649. The molecule has 0 saturated carbocycles. The van der Waals surface area contributed by atoms with Crippen molar-refractivity contribution in [2.45, 2.75) is 4.90 Å². The molecular weight excluding hydrogens is 328 g/mol. The fourth-order valence-corrected chi connectivity index (χ4v) is 3.75. The predicted octanol–water partition coefficient (Wildman–Crippen LogP) is 2.10. The highest BCUT2D eigenvalue weighted by molar-refractivity contribution is 7.90. The van der Waals surface area contributed by atoms with Gasteiger partial charge in [-0.1, -0.05) is 42.5 Å². The molecule has 7 nitrogen and oxygen atoms in total. The third-order valence-electron chi connectivity index (χ3n) is 3.36. The molecule has 1 aromatic heterocycles. The van der Waals surface area contributed by atoms with Crippen LogP contribution in [0, 0.1) is 0 Å². The quantitative estimate of drug-likeness (QED) is 0.673. The number of sulfonamides is 1. The van der Waals surface area contributed by atoms with Crippen LogP contribution < -0.4 is 10.5 Å². The van der Waals surface area contributed by atoms with E-state index in [2.05, 4.69) is 9.97 Å². The van der Waals surface area contributed by atoms with Gasteiger partial charge in [0.1, 0.15) is 10.7 Å². The number of nitrogens with zero attached hydrogens (tertiary/aromatic N) is 1. The Labute approximate surface area is 138 Å². The average molecular weight is 342 g/mol. The van der Waals surface area contributed by atoms with E-state index in [-0.39, 0.29) is 4.90 Å². The molecular formula is C16H14N4O3S. The van der Waals surface area contributed by atoms with Crippen molar-refractivity contribution in [3.05, 3.63) is 60.9 Å². The Bertz CT molecular complexity index is 968. The largest absolute Gasteiger partial charge is 0.351 e. The van der Waals surface area contributed by atoms with Crippen molar-refractivity contribution in [1.29, 1.82) is 0 Å². The third kappa shape index (κ3) is 2.99. The van der Waals surface area contributed by atoms with Crippen LogP contribution in [0.15, 0.2) is 65.8 Å². The van der Waals surface area contributed by atoms with Crippen LogP contribution in [-0.4, -0.2) is 24.4 Å². The Morgan fingerprint density at radius 1 is 1.04 bits per heavy atom. The van der Waals surface area contributed by atoms with Gasteiger partial charge < -0.3 is 10.7 Å². The first kappa shape index (κ1) is 15.8. The van der Waals surface area contributed by atoms with Crippen molar-refractivity contribution in [2.75, 3.05) is 0 Å². The number of urea groups is 1. The fraction of sp³-hybridized carbons (Fsp3) is 0. The molecule has 122 valence electrons. The molecule has 1 heterocycles. The van der Waals surface area contributed by atoms with Gasteiger partial charge in [0.2, 0.25) is 0 Å². The maximum Gasteiger partial charge on any atom is 0.326 e. The van der Waals surface area contributed by atoms with Crippen molar-refractivity contribution in [2.24, 2.45) is 5.73 Å². The lowest BCUT2D eigenvalue weighted by molar-refractivity contribution is 0.253. The van der Waals surface area contributed by atoms with E-state index in [4.69, 9.17) is 5.73 Å². The zero-order chi connectivity index (χ0) is 17.2. The summed E-state index contributed by atoms with van der Waals surface area (Å²) < 4.78 is 27.2. The van der Waals surface area contributed by atoms with Crippen molar-refractivity contribution < 1.29 is 13.2 Å². The van der Waals surface area contributed by atoms with Crippen molar-refractivity contribution >= 4 is 16.1 Å². The standard InChI is InChI=1S/C16H14N4O3S/c17-16(21)20-24(22,23)14-12(11-5-2-1-3-6-11)7-4-8-13(14)15-18-9-10-19-15/h1-10H,(H,18,19)(H3,17,20,21).